The lowest BCUT2D eigenvalue weighted by Gasteiger charge is -2.20. The summed E-state index contributed by atoms with van der Waals surface area (Å²) in [4.78, 5) is 13.6. The van der Waals surface area contributed by atoms with E-state index in [-0.39, 0.29) is 11.9 Å². The molecule has 0 aromatic heterocycles. The van der Waals surface area contributed by atoms with Gasteiger partial charge < -0.3 is 10.2 Å². The summed E-state index contributed by atoms with van der Waals surface area (Å²) in [6.07, 6.45) is 0. The molecule has 0 bridgehead atoms. The van der Waals surface area contributed by atoms with Gasteiger partial charge in [0, 0.05) is 24.6 Å². The van der Waals surface area contributed by atoms with E-state index in [1.807, 2.05) is 27.0 Å². The van der Waals surface area contributed by atoms with Crippen LogP contribution in [0.25, 0.3) is 0 Å². The fraction of sp³-hybridized carbons (Fsp3) is 0.500. The van der Waals surface area contributed by atoms with Crippen molar-refractivity contribution in [1.82, 2.24) is 10.2 Å². The molecule has 0 aliphatic carbocycles. The molecule has 18 heavy (non-hydrogen) atoms. The van der Waals surface area contributed by atoms with Crippen molar-refractivity contribution in [1.29, 1.82) is 0 Å². The summed E-state index contributed by atoms with van der Waals surface area (Å²) in [7, 11) is 1.82. The van der Waals surface area contributed by atoms with Crippen LogP contribution in [-0.4, -0.2) is 30.4 Å². The quantitative estimate of drug-likeness (QED) is 0.906. The molecule has 0 spiro atoms. The Kier molecular flexibility index (Phi) is 5.82. The van der Waals surface area contributed by atoms with Crippen LogP contribution in [-0.2, 0) is 11.3 Å². The molecule has 1 atom stereocenters. The van der Waals surface area contributed by atoms with Gasteiger partial charge in [0.15, 0.2) is 0 Å². The lowest BCUT2D eigenvalue weighted by atomic mass is 10.1. The molecule has 3 nitrogen and oxygen atoms in total. The summed E-state index contributed by atoms with van der Waals surface area (Å²) in [6, 6.07) is 6.07. The highest BCUT2D eigenvalue weighted by Crippen LogP contribution is 2.17. The molecular formula is C14H21BrN2O. The number of hydrogen-bond donors (Lipinski definition) is 1. The Labute approximate surface area is 118 Å². The van der Waals surface area contributed by atoms with Crippen LogP contribution >= 0.6 is 15.9 Å². The van der Waals surface area contributed by atoms with Gasteiger partial charge >= 0.3 is 0 Å². The SMILES string of the molecule is CCN(C)C(=O)C(C)NCc1ccc(Br)c(C)c1. The molecule has 0 aliphatic rings. The Morgan fingerprint density at radius 2 is 2.17 bits per heavy atom. The highest BCUT2D eigenvalue weighted by atomic mass is 79.9. The van der Waals surface area contributed by atoms with Gasteiger partial charge in [0.25, 0.3) is 0 Å². The minimum Gasteiger partial charge on any atom is -0.345 e. The molecule has 0 saturated heterocycles. The Balaban J connectivity index is 2.54. The Hall–Kier alpha value is -0.870. The third-order valence-electron chi connectivity index (χ3n) is 3.06. The second kappa shape index (κ2) is 6.90. The van der Waals surface area contributed by atoms with Crippen molar-refractivity contribution in [2.45, 2.75) is 33.4 Å². The smallest absolute Gasteiger partial charge is 0.239 e. The maximum absolute atomic E-state index is 11.9. The Morgan fingerprint density at radius 1 is 1.50 bits per heavy atom. The average Bonchev–Trinajstić information content (AvgIpc) is 2.37. The molecular weight excluding hydrogens is 292 g/mol. The lowest BCUT2D eigenvalue weighted by molar-refractivity contribution is -0.131. The first-order valence-electron chi connectivity index (χ1n) is 6.19. The average molecular weight is 313 g/mol. The van der Waals surface area contributed by atoms with E-state index in [4.69, 9.17) is 0 Å². The van der Waals surface area contributed by atoms with Gasteiger partial charge in [-0.3, -0.25) is 4.79 Å². The van der Waals surface area contributed by atoms with Crippen molar-refractivity contribution in [3.05, 3.63) is 33.8 Å². The van der Waals surface area contributed by atoms with E-state index in [9.17, 15) is 4.79 Å². The van der Waals surface area contributed by atoms with Crippen LogP contribution < -0.4 is 5.32 Å². The normalized spacial score (nSPS) is 12.3. The number of nitrogens with zero attached hydrogens (tertiary/aromatic N) is 1. The molecule has 0 fully saturated rings. The fourth-order valence-electron chi connectivity index (χ4n) is 1.66. The van der Waals surface area contributed by atoms with Crippen molar-refractivity contribution >= 4 is 21.8 Å². The van der Waals surface area contributed by atoms with Crippen LogP contribution in [0, 0.1) is 6.92 Å². The molecule has 0 saturated carbocycles. The molecule has 1 N–H and O–H groups in total. The highest BCUT2D eigenvalue weighted by molar-refractivity contribution is 9.10. The summed E-state index contributed by atoms with van der Waals surface area (Å²) in [5.41, 5.74) is 2.40. The van der Waals surface area contributed by atoms with Crippen molar-refractivity contribution in [2.24, 2.45) is 0 Å². The van der Waals surface area contributed by atoms with Gasteiger partial charge in [-0.2, -0.15) is 0 Å². The third kappa shape index (κ3) is 4.10. The molecule has 1 aromatic rings. The van der Waals surface area contributed by atoms with Crippen LogP contribution in [0.1, 0.15) is 25.0 Å². The summed E-state index contributed by atoms with van der Waals surface area (Å²) in [5.74, 6) is 0.131. The number of amides is 1. The van der Waals surface area contributed by atoms with E-state index in [0.717, 1.165) is 11.0 Å². The number of hydrogen-bond acceptors (Lipinski definition) is 2. The van der Waals surface area contributed by atoms with E-state index in [2.05, 4.69) is 40.3 Å². The first-order chi connectivity index (χ1) is 8.45. The highest BCUT2D eigenvalue weighted by Gasteiger charge is 2.15. The molecule has 1 unspecified atom stereocenters. The summed E-state index contributed by atoms with van der Waals surface area (Å²) < 4.78 is 1.11. The van der Waals surface area contributed by atoms with Crippen LogP contribution in [0.4, 0.5) is 0 Å². The lowest BCUT2D eigenvalue weighted by Crippen LogP contribution is -2.42. The first-order valence-corrected chi connectivity index (χ1v) is 6.98. The van der Waals surface area contributed by atoms with Gasteiger partial charge in [-0.05, 0) is 38.0 Å². The van der Waals surface area contributed by atoms with Crippen LogP contribution in [0.5, 0.6) is 0 Å². The van der Waals surface area contributed by atoms with E-state index in [0.29, 0.717) is 6.54 Å². The van der Waals surface area contributed by atoms with Crippen molar-refractivity contribution < 1.29 is 4.79 Å². The topological polar surface area (TPSA) is 32.3 Å². The zero-order valence-electron chi connectivity index (χ0n) is 11.5. The van der Waals surface area contributed by atoms with Gasteiger partial charge in [-0.25, -0.2) is 0 Å². The van der Waals surface area contributed by atoms with Crippen molar-refractivity contribution in [3.63, 3.8) is 0 Å². The number of benzene rings is 1. The number of likely N-dealkylation sites (N-methyl/N-ethyl adjacent to an activating group) is 1. The summed E-state index contributed by atoms with van der Waals surface area (Å²) in [6.45, 7) is 7.39. The van der Waals surface area contributed by atoms with Gasteiger partial charge in [0.05, 0.1) is 6.04 Å². The van der Waals surface area contributed by atoms with E-state index in [1.54, 1.807) is 4.90 Å². The molecule has 1 amide bonds. The summed E-state index contributed by atoms with van der Waals surface area (Å²) >= 11 is 3.48. The maximum Gasteiger partial charge on any atom is 0.239 e. The van der Waals surface area contributed by atoms with Crippen LogP contribution in [0.15, 0.2) is 22.7 Å². The largest absolute Gasteiger partial charge is 0.345 e. The first kappa shape index (κ1) is 15.2. The second-order valence-corrected chi connectivity index (χ2v) is 5.39. The molecule has 1 rings (SSSR count). The Bertz CT molecular complexity index is 420. The monoisotopic (exact) mass is 312 g/mol. The number of carbonyl (C=O) groups is 1. The molecule has 1 aromatic carbocycles. The fourth-order valence-corrected chi connectivity index (χ4v) is 1.91. The van der Waals surface area contributed by atoms with Gasteiger partial charge in [0.1, 0.15) is 0 Å². The third-order valence-corrected chi connectivity index (χ3v) is 3.95. The van der Waals surface area contributed by atoms with Crippen molar-refractivity contribution in [3.8, 4) is 0 Å². The van der Waals surface area contributed by atoms with Crippen LogP contribution in [0.3, 0.4) is 0 Å². The predicted octanol–water partition coefficient (Wildman–Crippen LogP) is 2.71. The number of aryl methyl sites for hydroxylation is 1. The molecule has 0 radical (unpaired) electrons. The Morgan fingerprint density at radius 3 is 2.72 bits per heavy atom. The molecule has 100 valence electrons. The minimum absolute atomic E-state index is 0.131. The van der Waals surface area contributed by atoms with E-state index < -0.39 is 0 Å². The number of carbonyl (C=O) groups excluding carboxylic acids is 1. The van der Waals surface area contributed by atoms with Crippen molar-refractivity contribution in [2.75, 3.05) is 13.6 Å². The summed E-state index contributed by atoms with van der Waals surface area (Å²) in [5, 5.41) is 3.25. The zero-order valence-corrected chi connectivity index (χ0v) is 13.0. The standard InChI is InChI=1S/C14H21BrN2O/c1-5-17(4)14(18)11(3)16-9-12-6-7-13(15)10(2)8-12/h6-8,11,16H,5,9H2,1-4H3. The van der Waals surface area contributed by atoms with Gasteiger partial charge in [-0.15, -0.1) is 0 Å². The molecule has 0 aliphatic heterocycles. The van der Waals surface area contributed by atoms with Gasteiger partial charge in [-0.1, -0.05) is 28.1 Å². The number of nitrogens with one attached hydrogen (secondary N) is 1. The van der Waals surface area contributed by atoms with Crippen LogP contribution in [0.2, 0.25) is 0 Å². The number of rotatable bonds is 5. The van der Waals surface area contributed by atoms with E-state index in [1.165, 1.54) is 11.1 Å². The molecule has 4 heteroatoms. The predicted molar refractivity (Wildman–Crippen MR) is 78.5 cm³/mol. The molecule has 0 heterocycles. The maximum atomic E-state index is 11.9. The van der Waals surface area contributed by atoms with E-state index >= 15 is 0 Å². The second-order valence-electron chi connectivity index (χ2n) is 4.54. The zero-order chi connectivity index (χ0) is 13.7. The van der Waals surface area contributed by atoms with Gasteiger partial charge in [0.2, 0.25) is 5.91 Å². The minimum atomic E-state index is -0.154. The number of halogens is 1.